The number of nitrogens with zero attached hydrogens (tertiary/aromatic N) is 2. The van der Waals surface area contributed by atoms with E-state index in [1.807, 2.05) is 0 Å². The molecule has 1 aromatic rings. The second-order valence-electron chi connectivity index (χ2n) is 2.90. The van der Waals surface area contributed by atoms with E-state index in [1.165, 1.54) is 22.6 Å². The van der Waals surface area contributed by atoms with Crippen LogP contribution in [0.1, 0.15) is 11.3 Å². The molecule has 0 amide bonds. The number of alkyl halides is 4. The summed E-state index contributed by atoms with van der Waals surface area (Å²) in [6, 6.07) is 2.71. The summed E-state index contributed by atoms with van der Waals surface area (Å²) in [5.41, 5.74) is 0.0418. The lowest BCUT2D eigenvalue weighted by atomic mass is 10.1. The zero-order valence-corrected chi connectivity index (χ0v) is 10.3. The van der Waals surface area contributed by atoms with Crippen LogP contribution in [0.15, 0.2) is 6.07 Å². The molecule has 8 heteroatoms. The third-order valence-corrected chi connectivity index (χ3v) is 2.51. The maximum Gasteiger partial charge on any atom is 0.573 e. The second-order valence-corrected chi connectivity index (χ2v) is 3.92. The molecule has 0 saturated carbocycles. The predicted octanol–water partition coefficient (Wildman–Crippen LogP) is 3.12. The van der Waals surface area contributed by atoms with Crippen molar-refractivity contribution in [2.24, 2.45) is 0 Å². The fourth-order valence-corrected chi connectivity index (χ4v) is 1.65. The van der Waals surface area contributed by atoms with E-state index in [0.717, 1.165) is 6.07 Å². The number of halogens is 5. The normalized spacial score (nSPS) is 11.1. The highest BCUT2D eigenvalue weighted by Gasteiger charge is 2.32. The molecule has 0 spiro atoms. The highest BCUT2D eigenvalue weighted by atomic mass is 127. The quantitative estimate of drug-likeness (QED) is 0.473. The van der Waals surface area contributed by atoms with Crippen LogP contribution < -0.4 is 4.74 Å². The number of ether oxygens (including phenoxy) is 1. The van der Waals surface area contributed by atoms with Gasteiger partial charge in [-0.25, -0.2) is 9.37 Å². The third-order valence-electron chi connectivity index (χ3n) is 1.73. The van der Waals surface area contributed by atoms with Gasteiger partial charge in [-0.15, -0.1) is 13.2 Å². The zero-order chi connectivity index (χ0) is 13.1. The number of nitriles is 1. The lowest BCUT2D eigenvalue weighted by Gasteiger charge is -2.12. The van der Waals surface area contributed by atoms with Crippen LogP contribution in [0.25, 0.3) is 0 Å². The van der Waals surface area contributed by atoms with Gasteiger partial charge in [-0.1, -0.05) is 0 Å². The van der Waals surface area contributed by atoms with E-state index in [1.54, 1.807) is 6.07 Å². The number of rotatable bonds is 3. The first-order valence-electron chi connectivity index (χ1n) is 4.24. The van der Waals surface area contributed by atoms with E-state index in [9.17, 15) is 17.6 Å². The fraction of sp³-hybridized carbons (Fsp3) is 0.333. The van der Waals surface area contributed by atoms with Crippen molar-refractivity contribution in [1.29, 1.82) is 5.26 Å². The van der Waals surface area contributed by atoms with E-state index >= 15 is 0 Å². The predicted molar refractivity (Wildman–Crippen MR) is 57.8 cm³/mol. The Kier molecular flexibility index (Phi) is 4.50. The molecular weight excluding hydrogens is 355 g/mol. The molecule has 0 bridgehead atoms. The number of aromatic nitrogens is 1. The summed E-state index contributed by atoms with van der Waals surface area (Å²) >= 11 is 1.51. The van der Waals surface area contributed by atoms with Crippen LogP contribution in [0.3, 0.4) is 0 Å². The highest BCUT2D eigenvalue weighted by molar-refractivity contribution is 14.1. The van der Waals surface area contributed by atoms with Gasteiger partial charge in [0.25, 0.3) is 0 Å². The maximum absolute atomic E-state index is 12.5. The number of hydrogen-bond acceptors (Lipinski definition) is 3. The van der Waals surface area contributed by atoms with Gasteiger partial charge in [-0.3, -0.25) is 0 Å². The van der Waals surface area contributed by atoms with Gasteiger partial charge < -0.3 is 4.74 Å². The van der Waals surface area contributed by atoms with E-state index in [-0.39, 0.29) is 21.4 Å². The molecule has 0 saturated heterocycles. The van der Waals surface area contributed by atoms with E-state index in [4.69, 9.17) is 5.26 Å². The molecule has 1 rings (SSSR count). The minimum atomic E-state index is -4.84. The first kappa shape index (κ1) is 14.0. The van der Waals surface area contributed by atoms with Crippen molar-refractivity contribution in [2.45, 2.75) is 19.5 Å². The summed E-state index contributed by atoms with van der Waals surface area (Å²) in [6.45, 7) is -0.945. The van der Waals surface area contributed by atoms with Gasteiger partial charge >= 0.3 is 6.36 Å². The Labute approximate surface area is 108 Å². The van der Waals surface area contributed by atoms with E-state index in [2.05, 4.69) is 9.72 Å². The van der Waals surface area contributed by atoms with Gasteiger partial charge in [0.05, 0.1) is 18.2 Å². The van der Waals surface area contributed by atoms with Gasteiger partial charge in [0, 0.05) is 0 Å². The minimum absolute atomic E-state index is 0.0505. The van der Waals surface area contributed by atoms with Crippen LogP contribution in [0.2, 0.25) is 0 Å². The summed E-state index contributed by atoms with van der Waals surface area (Å²) in [7, 11) is 0. The Morgan fingerprint density at radius 2 is 2.12 bits per heavy atom. The molecule has 0 unspecified atom stereocenters. The van der Waals surface area contributed by atoms with Crippen LogP contribution in [0.4, 0.5) is 17.6 Å². The van der Waals surface area contributed by atoms with Crippen molar-refractivity contribution in [3.63, 3.8) is 0 Å². The monoisotopic (exact) mass is 360 g/mol. The molecule has 0 aliphatic heterocycles. The second kappa shape index (κ2) is 5.48. The Balaban J connectivity index is 3.16. The topological polar surface area (TPSA) is 45.9 Å². The lowest BCUT2D eigenvalue weighted by Crippen LogP contribution is -2.18. The highest BCUT2D eigenvalue weighted by Crippen LogP contribution is 2.28. The first-order chi connectivity index (χ1) is 7.87. The van der Waals surface area contributed by atoms with Gasteiger partial charge in [0.2, 0.25) is 0 Å². The van der Waals surface area contributed by atoms with Crippen molar-refractivity contribution in [1.82, 2.24) is 4.98 Å². The van der Waals surface area contributed by atoms with Gasteiger partial charge in [-0.2, -0.15) is 5.26 Å². The van der Waals surface area contributed by atoms with Gasteiger partial charge in [-0.05, 0) is 34.2 Å². The van der Waals surface area contributed by atoms with Crippen LogP contribution in [0, 0.1) is 15.0 Å². The molecule has 1 aromatic heterocycles. The molecule has 92 valence electrons. The Morgan fingerprint density at radius 3 is 2.59 bits per heavy atom. The van der Waals surface area contributed by atoms with E-state index in [0.29, 0.717) is 0 Å². The van der Waals surface area contributed by atoms with Crippen molar-refractivity contribution < 1.29 is 22.3 Å². The standard InChI is InChI=1S/C9H5F4IN2O/c10-4-6-5(1-2-15)3-7(8(14)16-6)17-9(11,12)13/h3H,1,4H2. The van der Waals surface area contributed by atoms with Gasteiger partial charge in [0.15, 0.2) is 5.75 Å². The van der Waals surface area contributed by atoms with Crippen LogP contribution in [0.5, 0.6) is 5.75 Å². The molecule has 0 fully saturated rings. The summed E-state index contributed by atoms with van der Waals surface area (Å²) < 4.78 is 52.2. The van der Waals surface area contributed by atoms with Crippen LogP contribution in [-0.2, 0) is 13.1 Å². The number of hydrogen-bond donors (Lipinski definition) is 0. The largest absolute Gasteiger partial charge is 0.573 e. The summed E-state index contributed by atoms with van der Waals surface area (Å²) in [5.74, 6) is -0.527. The summed E-state index contributed by atoms with van der Waals surface area (Å²) in [5, 5.41) is 8.47. The van der Waals surface area contributed by atoms with E-state index < -0.39 is 18.8 Å². The average Bonchev–Trinajstić information content (AvgIpc) is 2.21. The van der Waals surface area contributed by atoms with Crippen molar-refractivity contribution >= 4 is 22.6 Å². The first-order valence-corrected chi connectivity index (χ1v) is 5.32. The lowest BCUT2D eigenvalue weighted by molar-refractivity contribution is -0.275. The Hall–Kier alpha value is -1.11. The molecule has 3 nitrogen and oxygen atoms in total. The molecule has 1 heterocycles. The third kappa shape index (κ3) is 3.99. The van der Waals surface area contributed by atoms with Gasteiger partial charge in [0.1, 0.15) is 10.4 Å². The zero-order valence-electron chi connectivity index (χ0n) is 8.18. The Bertz CT molecular complexity index is 456. The molecule has 0 aliphatic rings. The summed E-state index contributed by atoms with van der Waals surface area (Å²) in [4.78, 5) is 3.63. The van der Waals surface area contributed by atoms with Crippen molar-refractivity contribution in [3.05, 3.63) is 21.0 Å². The molecular formula is C9H5F4IN2O. The smallest absolute Gasteiger partial charge is 0.403 e. The molecule has 0 N–H and O–H groups in total. The maximum atomic E-state index is 12.5. The molecule has 0 radical (unpaired) electrons. The van der Waals surface area contributed by atoms with Crippen LogP contribution in [-0.4, -0.2) is 11.3 Å². The molecule has 0 aliphatic carbocycles. The number of pyridine rings is 1. The van der Waals surface area contributed by atoms with Crippen LogP contribution >= 0.6 is 22.6 Å². The van der Waals surface area contributed by atoms with Crippen molar-refractivity contribution in [2.75, 3.05) is 0 Å². The Morgan fingerprint density at radius 1 is 1.47 bits per heavy atom. The minimum Gasteiger partial charge on any atom is -0.403 e. The summed E-state index contributed by atoms with van der Waals surface area (Å²) in [6.07, 6.45) is -5.07. The van der Waals surface area contributed by atoms with Crippen molar-refractivity contribution in [3.8, 4) is 11.8 Å². The molecule has 0 atom stereocenters. The SMILES string of the molecule is N#CCc1cc(OC(F)(F)F)c(I)nc1CF. The average molecular weight is 360 g/mol. The molecule has 0 aromatic carbocycles. The molecule has 17 heavy (non-hydrogen) atoms. The fourth-order valence-electron chi connectivity index (χ4n) is 1.10.